The lowest BCUT2D eigenvalue weighted by Gasteiger charge is -2.35. The second kappa shape index (κ2) is 5.55. The van der Waals surface area contributed by atoms with Gasteiger partial charge in [-0.05, 0) is 5.56 Å². The highest BCUT2D eigenvalue weighted by atomic mass is 31.2. The fourth-order valence-electron chi connectivity index (χ4n) is 2.38. The highest BCUT2D eigenvalue weighted by Crippen LogP contribution is 2.65. The standard InChI is InChI=1S/C17H21O2P/c1-17(2,3)20(19,15-12-8-5-9-13-15)16(18)14-10-6-4-7-11-14/h4-13,16,18H,1-3H3/t16?,20-/m0/s1. The molecule has 106 valence electrons. The monoisotopic (exact) mass is 288 g/mol. The molecule has 0 spiro atoms. The van der Waals surface area contributed by atoms with Gasteiger partial charge in [0.1, 0.15) is 5.85 Å². The Bertz CT molecular complexity index is 600. The van der Waals surface area contributed by atoms with Crippen molar-refractivity contribution in [2.75, 3.05) is 0 Å². The van der Waals surface area contributed by atoms with Gasteiger partial charge in [-0.2, -0.15) is 0 Å². The molecule has 0 saturated heterocycles. The smallest absolute Gasteiger partial charge is 0.151 e. The van der Waals surface area contributed by atoms with E-state index in [0.717, 1.165) is 5.30 Å². The molecule has 0 radical (unpaired) electrons. The number of benzene rings is 2. The highest BCUT2D eigenvalue weighted by molar-refractivity contribution is 7.73. The van der Waals surface area contributed by atoms with Gasteiger partial charge in [0.05, 0.1) is 0 Å². The number of hydrogen-bond acceptors (Lipinski definition) is 2. The van der Waals surface area contributed by atoms with Gasteiger partial charge in [0, 0.05) is 10.5 Å². The van der Waals surface area contributed by atoms with E-state index in [1.165, 1.54) is 0 Å². The van der Waals surface area contributed by atoms with E-state index in [9.17, 15) is 9.67 Å². The molecule has 0 aliphatic rings. The highest BCUT2D eigenvalue weighted by Gasteiger charge is 2.44. The molecule has 2 rings (SSSR count). The topological polar surface area (TPSA) is 37.3 Å². The molecule has 0 aliphatic heterocycles. The zero-order valence-electron chi connectivity index (χ0n) is 12.2. The molecule has 2 nitrogen and oxygen atoms in total. The van der Waals surface area contributed by atoms with Crippen LogP contribution in [0.25, 0.3) is 0 Å². The number of aliphatic hydroxyl groups is 1. The molecule has 0 heterocycles. The minimum Gasteiger partial charge on any atom is -0.380 e. The van der Waals surface area contributed by atoms with E-state index in [1.54, 1.807) is 0 Å². The molecule has 1 unspecified atom stereocenters. The molecule has 2 aromatic carbocycles. The van der Waals surface area contributed by atoms with E-state index in [0.29, 0.717) is 5.56 Å². The maximum atomic E-state index is 13.7. The van der Waals surface area contributed by atoms with E-state index in [4.69, 9.17) is 0 Å². The molecule has 0 bridgehead atoms. The zero-order valence-corrected chi connectivity index (χ0v) is 13.0. The Labute approximate surface area is 120 Å². The van der Waals surface area contributed by atoms with Crippen LogP contribution in [-0.2, 0) is 4.57 Å². The van der Waals surface area contributed by atoms with Crippen LogP contribution < -0.4 is 5.30 Å². The predicted octanol–water partition coefficient (Wildman–Crippen LogP) is 4.16. The fourth-order valence-corrected chi connectivity index (χ4v) is 5.38. The first-order valence-electron chi connectivity index (χ1n) is 6.76. The summed E-state index contributed by atoms with van der Waals surface area (Å²) in [5.74, 6) is -0.980. The lowest BCUT2D eigenvalue weighted by atomic mass is 10.2. The van der Waals surface area contributed by atoms with Gasteiger partial charge < -0.3 is 9.67 Å². The van der Waals surface area contributed by atoms with Gasteiger partial charge in [0.2, 0.25) is 0 Å². The molecule has 0 aromatic heterocycles. The minimum absolute atomic E-state index is 0.510. The van der Waals surface area contributed by atoms with Crippen molar-refractivity contribution in [1.29, 1.82) is 0 Å². The van der Waals surface area contributed by atoms with Crippen LogP contribution in [0.1, 0.15) is 32.2 Å². The summed E-state index contributed by atoms with van der Waals surface area (Å²) in [5, 5.41) is 11.0. The van der Waals surface area contributed by atoms with Gasteiger partial charge in [-0.25, -0.2) is 0 Å². The van der Waals surface area contributed by atoms with E-state index >= 15 is 0 Å². The van der Waals surface area contributed by atoms with Crippen molar-refractivity contribution in [1.82, 2.24) is 0 Å². The summed E-state index contributed by atoms with van der Waals surface area (Å²) in [6, 6.07) is 18.6. The van der Waals surface area contributed by atoms with Crippen LogP contribution in [0.2, 0.25) is 0 Å². The summed E-state index contributed by atoms with van der Waals surface area (Å²) in [6.45, 7) is 5.77. The van der Waals surface area contributed by atoms with Crippen LogP contribution >= 0.6 is 7.14 Å². The molecule has 1 N–H and O–H groups in total. The maximum Gasteiger partial charge on any atom is 0.151 e. The normalized spacial score (nSPS) is 16.4. The van der Waals surface area contributed by atoms with Crippen molar-refractivity contribution in [2.45, 2.75) is 31.8 Å². The molecule has 2 aromatic rings. The van der Waals surface area contributed by atoms with Gasteiger partial charge in [-0.3, -0.25) is 0 Å². The summed E-state index contributed by atoms with van der Waals surface area (Å²) < 4.78 is 13.7. The van der Waals surface area contributed by atoms with Crippen LogP contribution in [0.5, 0.6) is 0 Å². The summed E-state index contributed by atoms with van der Waals surface area (Å²) in [6.07, 6.45) is 0. The van der Waals surface area contributed by atoms with Gasteiger partial charge in [-0.15, -0.1) is 0 Å². The van der Waals surface area contributed by atoms with Crippen LogP contribution in [0.15, 0.2) is 60.7 Å². The molecule has 2 atom stereocenters. The Hall–Kier alpha value is -1.37. The average Bonchev–Trinajstić information content (AvgIpc) is 2.46. The van der Waals surface area contributed by atoms with Crippen molar-refractivity contribution in [2.24, 2.45) is 0 Å². The van der Waals surface area contributed by atoms with Gasteiger partial charge in [0.25, 0.3) is 0 Å². The van der Waals surface area contributed by atoms with Crippen LogP contribution in [0, 0.1) is 0 Å². The molecular weight excluding hydrogens is 267 g/mol. The summed E-state index contributed by atoms with van der Waals surface area (Å²) >= 11 is 0. The second-order valence-electron chi connectivity index (χ2n) is 5.95. The van der Waals surface area contributed by atoms with Crippen molar-refractivity contribution >= 4 is 12.4 Å². The number of hydrogen-bond donors (Lipinski definition) is 1. The number of aliphatic hydroxyl groups excluding tert-OH is 1. The maximum absolute atomic E-state index is 13.7. The van der Waals surface area contributed by atoms with Crippen molar-refractivity contribution in [3.05, 3.63) is 66.2 Å². The Balaban J connectivity index is 2.58. The SMILES string of the molecule is CC(C)(C)[P@](=O)(c1ccccc1)C(O)c1ccccc1. The Morgan fingerprint density at radius 3 is 1.80 bits per heavy atom. The largest absolute Gasteiger partial charge is 0.380 e. The summed E-state index contributed by atoms with van der Waals surface area (Å²) in [5.41, 5.74) is 0.703. The quantitative estimate of drug-likeness (QED) is 0.861. The molecule has 0 amide bonds. The van der Waals surface area contributed by atoms with E-state index in [1.807, 2.05) is 81.4 Å². The Kier molecular flexibility index (Phi) is 4.17. The third kappa shape index (κ3) is 2.59. The fraction of sp³-hybridized carbons (Fsp3) is 0.294. The van der Waals surface area contributed by atoms with Crippen molar-refractivity contribution < 1.29 is 9.67 Å². The summed E-state index contributed by atoms with van der Waals surface area (Å²) in [4.78, 5) is 0. The third-order valence-electron chi connectivity index (χ3n) is 3.58. The first-order chi connectivity index (χ1) is 9.37. The zero-order chi connectivity index (χ0) is 14.8. The van der Waals surface area contributed by atoms with E-state index in [2.05, 4.69) is 0 Å². The van der Waals surface area contributed by atoms with Crippen LogP contribution in [-0.4, -0.2) is 10.3 Å². The van der Waals surface area contributed by atoms with Crippen LogP contribution in [0.4, 0.5) is 0 Å². The Morgan fingerprint density at radius 1 is 0.900 bits per heavy atom. The lowest BCUT2D eigenvalue weighted by molar-refractivity contribution is 0.251. The van der Waals surface area contributed by atoms with E-state index in [-0.39, 0.29) is 0 Å². The van der Waals surface area contributed by atoms with Gasteiger partial charge in [0.15, 0.2) is 7.14 Å². The van der Waals surface area contributed by atoms with Gasteiger partial charge >= 0.3 is 0 Å². The Morgan fingerprint density at radius 2 is 1.35 bits per heavy atom. The predicted molar refractivity (Wildman–Crippen MR) is 84.8 cm³/mol. The minimum atomic E-state index is -3.01. The summed E-state index contributed by atoms with van der Waals surface area (Å²) in [7, 11) is -3.01. The van der Waals surface area contributed by atoms with Crippen molar-refractivity contribution in [3.63, 3.8) is 0 Å². The molecule has 3 heteroatoms. The van der Waals surface area contributed by atoms with Gasteiger partial charge in [-0.1, -0.05) is 81.4 Å². The molecule has 0 fully saturated rings. The third-order valence-corrected chi connectivity index (χ3v) is 7.62. The van der Waals surface area contributed by atoms with Crippen LogP contribution in [0.3, 0.4) is 0 Å². The second-order valence-corrected chi connectivity index (χ2v) is 9.61. The molecule has 0 saturated carbocycles. The number of rotatable bonds is 3. The van der Waals surface area contributed by atoms with E-state index < -0.39 is 18.1 Å². The average molecular weight is 288 g/mol. The first kappa shape index (κ1) is 15.0. The molecular formula is C17H21O2P. The molecule has 0 aliphatic carbocycles. The lowest BCUT2D eigenvalue weighted by Crippen LogP contribution is -2.27. The van der Waals surface area contributed by atoms with Crippen molar-refractivity contribution in [3.8, 4) is 0 Å². The molecule has 20 heavy (non-hydrogen) atoms. The first-order valence-corrected chi connectivity index (χ1v) is 8.53.